The molecule has 0 bridgehead atoms. The lowest BCUT2D eigenvalue weighted by Crippen LogP contribution is -2.60. The summed E-state index contributed by atoms with van der Waals surface area (Å²) < 4.78 is 28.0. The Balaban J connectivity index is 1.18. The molecule has 5 atom stereocenters. The highest BCUT2D eigenvalue weighted by molar-refractivity contribution is 6.01. The minimum atomic E-state index is -3.06. The molecule has 3 aliphatic heterocycles. The highest BCUT2D eigenvalue weighted by Crippen LogP contribution is 2.35. The van der Waals surface area contributed by atoms with Gasteiger partial charge in [-0.25, -0.2) is 8.78 Å². The van der Waals surface area contributed by atoms with Crippen molar-refractivity contribution >= 4 is 46.2 Å². The Morgan fingerprint density at radius 3 is 2.36 bits per heavy atom. The van der Waals surface area contributed by atoms with Crippen LogP contribution in [0.3, 0.4) is 0 Å². The number of rotatable bonds is 13. The number of nitrogens with one attached hydrogen (secondary N) is 3. The first-order valence-electron chi connectivity index (χ1n) is 20.4. The Labute approximate surface area is 326 Å². The van der Waals surface area contributed by atoms with Crippen molar-refractivity contribution in [3.63, 3.8) is 0 Å². The van der Waals surface area contributed by atoms with Gasteiger partial charge in [0, 0.05) is 74.4 Å². The van der Waals surface area contributed by atoms with Crippen LogP contribution >= 0.6 is 0 Å². The maximum Gasteiger partial charge on any atom is 0.270 e. The van der Waals surface area contributed by atoms with Crippen LogP contribution < -0.4 is 16.4 Å². The van der Waals surface area contributed by atoms with E-state index >= 15 is 0 Å². The fourth-order valence-corrected chi connectivity index (χ4v) is 9.22. The number of piperidine rings is 1. The van der Waals surface area contributed by atoms with Gasteiger partial charge in [0.25, 0.3) is 11.8 Å². The Morgan fingerprint density at radius 1 is 0.946 bits per heavy atom. The van der Waals surface area contributed by atoms with Gasteiger partial charge < -0.3 is 36.1 Å². The number of halogens is 2. The maximum atomic E-state index is 14.3. The molecular weight excluding hydrogens is 724 g/mol. The number of carbonyl (C=O) groups is 6. The SMILES string of the molecule is CN1CC[C@H](NC(=O)c2cc3cc(C(C)(F)F)ccc3[nH]2)C(=O)N2[C@H](CC[C@H]2C(=O)N[C@@H](CCC(N)=O)C(=O)C[C@H](C(=O)N2CCCCC2)C2CCCCC2)C1. The number of aromatic nitrogens is 1. The van der Waals surface area contributed by atoms with Crippen molar-refractivity contribution in [1.82, 2.24) is 30.3 Å². The van der Waals surface area contributed by atoms with Crippen LogP contribution in [0.25, 0.3) is 10.9 Å². The number of fused-ring (bicyclic) bond motifs is 2. The van der Waals surface area contributed by atoms with Gasteiger partial charge in [0.1, 0.15) is 17.8 Å². The number of nitrogens with two attached hydrogens (primary N) is 1. The van der Waals surface area contributed by atoms with Crippen LogP contribution in [0.5, 0.6) is 0 Å². The number of carbonyl (C=O) groups excluding carboxylic acids is 6. The van der Waals surface area contributed by atoms with Crippen LogP contribution in [0.15, 0.2) is 24.3 Å². The van der Waals surface area contributed by atoms with Gasteiger partial charge in [-0.05, 0) is 89.0 Å². The number of alkyl halides is 2. The van der Waals surface area contributed by atoms with Crippen molar-refractivity contribution in [3.05, 3.63) is 35.5 Å². The minimum absolute atomic E-state index is 0.00768. The molecule has 6 rings (SSSR count). The molecule has 13 nitrogen and oxygen atoms in total. The van der Waals surface area contributed by atoms with Crippen LogP contribution in [-0.2, 0) is 29.9 Å². The third kappa shape index (κ3) is 9.75. The third-order valence-corrected chi connectivity index (χ3v) is 12.4. The highest BCUT2D eigenvalue weighted by atomic mass is 19.3. The Bertz CT molecular complexity index is 1780. The molecule has 2 aromatic rings. The lowest BCUT2D eigenvalue weighted by Gasteiger charge is -2.38. The molecule has 4 aliphatic rings. The van der Waals surface area contributed by atoms with Crippen molar-refractivity contribution in [2.24, 2.45) is 17.6 Å². The van der Waals surface area contributed by atoms with Crippen LogP contribution in [0.2, 0.25) is 0 Å². The summed E-state index contributed by atoms with van der Waals surface area (Å²) in [6.07, 6.45) is 8.64. The summed E-state index contributed by atoms with van der Waals surface area (Å²) in [6.45, 7) is 3.15. The summed E-state index contributed by atoms with van der Waals surface area (Å²) in [6, 6.07) is 2.23. The molecule has 15 heteroatoms. The molecule has 56 heavy (non-hydrogen) atoms. The Morgan fingerprint density at radius 2 is 1.66 bits per heavy atom. The molecule has 1 saturated carbocycles. The Kier molecular flexibility index (Phi) is 13.1. The number of ketones is 1. The van der Waals surface area contributed by atoms with Gasteiger partial charge in [0.05, 0.1) is 6.04 Å². The summed E-state index contributed by atoms with van der Waals surface area (Å²) in [4.78, 5) is 90.5. The lowest BCUT2D eigenvalue weighted by atomic mass is 9.76. The van der Waals surface area contributed by atoms with E-state index in [4.69, 9.17) is 5.73 Å². The van der Waals surface area contributed by atoms with Crippen molar-refractivity contribution in [2.45, 2.75) is 127 Å². The molecule has 4 heterocycles. The average Bonchev–Trinajstić information content (AvgIpc) is 3.80. The molecule has 5 amide bonds. The normalized spacial score (nSPS) is 23.9. The first-order valence-corrected chi connectivity index (χ1v) is 20.4. The molecule has 4 fully saturated rings. The smallest absolute Gasteiger partial charge is 0.270 e. The number of H-pyrrole nitrogens is 1. The standard InChI is InChI=1S/C41H57F2N7O6/c1-41(42,43)27-11-13-30-26(21-27)22-33(45-30)37(53)47-32-17-20-48(2)24-28-12-15-34(50(28)40(32)56)38(54)46-31(14-16-36(44)52)35(51)23-29(25-9-5-3-6-10-25)39(55)49-18-7-4-8-19-49/h11,13,21-22,25,28-29,31-32,34,45H,3-10,12,14-20,23-24H2,1-2H3,(H2,44,52)(H,46,54)(H,47,53)/t28-,29+,31+,32+,34+/m1/s1. The van der Waals surface area contributed by atoms with Gasteiger partial charge in [-0.3, -0.25) is 28.8 Å². The van der Waals surface area contributed by atoms with E-state index in [0.29, 0.717) is 49.9 Å². The van der Waals surface area contributed by atoms with E-state index in [1.165, 1.54) is 29.2 Å². The predicted molar refractivity (Wildman–Crippen MR) is 205 cm³/mol. The van der Waals surface area contributed by atoms with Gasteiger partial charge in [-0.15, -0.1) is 0 Å². The van der Waals surface area contributed by atoms with Crippen molar-refractivity contribution in [2.75, 3.05) is 33.2 Å². The van der Waals surface area contributed by atoms with Crippen LogP contribution in [0, 0.1) is 11.8 Å². The molecule has 1 aromatic heterocycles. The van der Waals surface area contributed by atoms with Crippen molar-refractivity contribution in [3.8, 4) is 0 Å². The van der Waals surface area contributed by atoms with E-state index in [1.807, 2.05) is 16.8 Å². The van der Waals surface area contributed by atoms with Gasteiger partial charge in [0.15, 0.2) is 5.78 Å². The number of likely N-dealkylation sites (N-methyl/N-ethyl adjacent to an activating group) is 1. The average molecular weight is 782 g/mol. The number of likely N-dealkylation sites (tertiary alicyclic amines) is 1. The number of nitrogens with zero attached hydrogens (tertiary/aromatic N) is 3. The second kappa shape index (κ2) is 17.8. The van der Waals surface area contributed by atoms with Gasteiger partial charge in [-0.1, -0.05) is 25.3 Å². The second-order valence-electron chi connectivity index (χ2n) is 16.6. The molecule has 306 valence electrons. The van der Waals surface area contributed by atoms with Crippen LogP contribution in [0.4, 0.5) is 8.78 Å². The van der Waals surface area contributed by atoms with Crippen molar-refractivity contribution in [1.29, 1.82) is 0 Å². The molecule has 1 aliphatic carbocycles. The molecule has 3 saturated heterocycles. The zero-order valence-corrected chi connectivity index (χ0v) is 32.6. The fraction of sp³-hybridized carbons (Fsp3) is 0.659. The van der Waals surface area contributed by atoms with E-state index in [-0.39, 0.29) is 60.6 Å². The van der Waals surface area contributed by atoms with Crippen molar-refractivity contribution < 1.29 is 37.5 Å². The number of Topliss-reactive ketones (excluding diaryl/α,β-unsaturated/α-hetero) is 1. The monoisotopic (exact) mass is 781 g/mol. The van der Waals surface area contributed by atoms with E-state index < -0.39 is 53.6 Å². The summed E-state index contributed by atoms with van der Waals surface area (Å²) in [5.41, 5.74) is 5.91. The number of hydrogen-bond donors (Lipinski definition) is 4. The summed E-state index contributed by atoms with van der Waals surface area (Å²) >= 11 is 0. The zero-order valence-electron chi connectivity index (χ0n) is 32.6. The number of primary amides is 1. The molecule has 5 N–H and O–H groups in total. The van der Waals surface area contributed by atoms with Crippen LogP contribution in [0.1, 0.15) is 113 Å². The predicted octanol–water partition coefficient (Wildman–Crippen LogP) is 3.99. The first-order chi connectivity index (χ1) is 26.7. The van der Waals surface area contributed by atoms with Gasteiger partial charge in [0.2, 0.25) is 23.6 Å². The van der Waals surface area contributed by atoms with Crippen LogP contribution in [-0.4, -0.2) is 112 Å². The van der Waals surface area contributed by atoms with Gasteiger partial charge in [-0.2, -0.15) is 0 Å². The maximum absolute atomic E-state index is 14.3. The number of aromatic amines is 1. The summed E-state index contributed by atoms with van der Waals surface area (Å²) in [5, 5.41) is 6.13. The number of benzene rings is 1. The molecule has 0 unspecified atom stereocenters. The quantitative estimate of drug-likeness (QED) is 0.238. The molecular formula is C41H57F2N7O6. The third-order valence-electron chi connectivity index (χ3n) is 12.4. The lowest BCUT2D eigenvalue weighted by molar-refractivity contribution is -0.144. The summed E-state index contributed by atoms with van der Waals surface area (Å²) in [7, 11) is 1.91. The van der Waals surface area contributed by atoms with E-state index in [9.17, 15) is 37.5 Å². The fourth-order valence-electron chi connectivity index (χ4n) is 9.22. The largest absolute Gasteiger partial charge is 0.370 e. The highest BCUT2D eigenvalue weighted by Gasteiger charge is 2.46. The topological polar surface area (TPSA) is 178 Å². The van der Waals surface area contributed by atoms with E-state index in [2.05, 4.69) is 15.6 Å². The molecule has 0 radical (unpaired) electrons. The number of hydrogen-bond acceptors (Lipinski definition) is 7. The molecule has 0 spiro atoms. The van der Waals surface area contributed by atoms with E-state index in [0.717, 1.165) is 58.3 Å². The molecule has 1 aromatic carbocycles. The zero-order chi connectivity index (χ0) is 40.1. The first kappa shape index (κ1) is 41.2. The van der Waals surface area contributed by atoms with Gasteiger partial charge >= 0.3 is 0 Å². The van der Waals surface area contributed by atoms with E-state index in [1.54, 1.807) is 0 Å². The number of amides is 5. The minimum Gasteiger partial charge on any atom is -0.370 e. The second-order valence-corrected chi connectivity index (χ2v) is 16.6. The Hall–Kier alpha value is -4.40. The summed E-state index contributed by atoms with van der Waals surface area (Å²) in [5.74, 6) is -6.00.